The van der Waals surface area contributed by atoms with Gasteiger partial charge in [-0.15, -0.1) is 0 Å². The third-order valence-electron chi connectivity index (χ3n) is 8.19. The fraction of sp³-hybridized carbons (Fsp3) is 0.536. The fourth-order valence-electron chi connectivity index (χ4n) is 6.46. The molecule has 4 aliphatic rings. The number of hydrogen-bond donors (Lipinski definition) is 1. The lowest BCUT2D eigenvalue weighted by Crippen LogP contribution is -2.59. The maximum Gasteiger partial charge on any atom is 0.313 e. The number of benzene rings is 1. The number of carbonyl (C=O) groups excluding carboxylic acids is 3. The Morgan fingerprint density at radius 1 is 1.11 bits per heavy atom. The summed E-state index contributed by atoms with van der Waals surface area (Å²) in [4.78, 5) is 45.1. The summed E-state index contributed by atoms with van der Waals surface area (Å²) in [5.74, 6) is -2.99. The van der Waals surface area contributed by atoms with E-state index in [1.54, 1.807) is 11.8 Å². The van der Waals surface area contributed by atoms with Crippen LogP contribution in [-0.2, 0) is 23.9 Å². The van der Waals surface area contributed by atoms with E-state index in [2.05, 4.69) is 0 Å². The number of ether oxygens (including phenoxy) is 2. The molecule has 1 aromatic rings. The van der Waals surface area contributed by atoms with Crippen LogP contribution >= 0.6 is 0 Å². The van der Waals surface area contributed by atoms with Crippen molar-refractivity contribution in [3.05, 3.63) is 53.6 Å². The van der Waals surface area contributed by atoms with Crippen molar-refractivity contribution < 1.29 is 29.0 Å². The molecule has 1 spiro atoms. The van der Waals surface area contributed by atoms with Crippen LogP contribution in [0.4, 0.5) is 5.69 Å². The first-order valence-corrected chi connectivity index (χ1v) is 12.7. The number of rotatable bonds is 4. The van der Waals surface area contributed by atoms with Crippen molar-refractivity contribution >= 4 is 23.5 Å². The van der Waals surface area contributed by atoms with Gasteiger partial charge in [0.1, 0.15) is 17.6 Å². The largest absolute Gasteiger partial charge is 0.465 e. The molecule has 2 fully saturated rings. The lowest BCUT2D eigenvalue weighted by atomic mass is 9.74. The number of cyclic esters (lactones) is 1. The molecule has 8 heteroatoms. The summed E-state index contributed by atoms with van der Waals surface area (Å²) in [7, 11) is 0. The Labute approximate surface area is 211 Å². The molecular weight excluding hydrogens is 460 g/mol. The van der Waals surface area contributed by atoms with Crippen LogP contribution in [0.5, 0.6) is 0 Å². The molecular formula is C28H34N2O6. The van der Waals surface area contributed by atoms with Crippen LogP contribution in [0.2, 0.25) is 0 Å². The van der Waals surface area contributed by atoms with Crippen LogP contribution in [0.15, 0.2) is 42.5 Å². The van der Waals surface area contributed by atoms with E-state index in [0.29, 0.717) is 19.4 Å². The van der Waals surface area contributed by atoms with Gasteiger partial charge in [-0.25, -0.2) is 0 Å². The van der Waals surface area contributed by atoms with Gasteiger partial charge in [0.05, 0.1) is 30.8 Å². The van der Waals surface area contributed by atoms with Crippen molar-refractivity contribution in [3.63, 3.8) is 0 Å². The molecule has 192 valence electrons. The fourth-order valence-corrected chi connectivity index (χ4v) is 6.46. The third-order valence-corrected chi connectivity index (χ3v) is 8.19. The second-order valence-electron chi connectivity index (χ2n) is 10.5. The molecule has 0 bridgehead atoms. The predicted molar refractivity (Wildman–Crippen MR) is 133 cm³/mol. The van der Waals surface area contributed by atoms with Crippen LogP contribution in [0.1, 0.15) is 37.8 Å². The highest BCUT2D eigenvalue weighted by Gasteiger charge is 2.75. The maximum atomic E-state index is 14.4. The smallest absolute Gasteiger partial charge is 0.313 e. The molecule has 4 heterocycles. The van der Waals surface area contributed by atoms with E-state index in [9.17, 15) is 19.5 Å². The van der Waals surface area contributed by atoms with E-state index in [4.69, 9.17) is 9.47 Å². The minimum atomic E-state index is -1.36. The minimum absolute atomic E-state index is 0.229. The summed E-state index contributed by atoms with van der Waals surface area (Å²) in [5, 5.41) is 10.2. The van der Waals surface area contributed by atoms with Crippen molar-refractivity contribution in [2.45, 2.75) is 63.8 Å². The van der Waals surface area contributed by atoms with Gasteiger partial charge in [0.15, 0.2) is 0 Å². The van der Waals surface area contributed by atoms with Gasteiger partial charge in [-0.1, -0.05) is 43.4 Å². The molecule has 4 aliphatic heterocycles. The molecule has 1 N–H and O–H groups in total. The number of aliphatic hydroxyl groups excluding tert-OH is 1. The number of likely N-dealkylation sites (tertiary alicyclic amines) is 1. The topological polar surface area (TPSA) is 96.4 Å². The highest BCUT2D eigenvalue weighted by Crippen LogP contribution is 2.57. The lowest BCUT2D eigenvalue weighted by molar-refractivity contribution is -0.160. The number of fused-ring (bicyclic) bond motifs is 2. The van der Waals surface area contributed by atoms with Gasteiger partial charge in [0.2, 0.25) is 5.91 Å². The highest BCUT2D eigenvalue weighted by atomic mass is 16.6. The van der Waals surface area contributed by atoms with E-state index in [1.165, 1.54) is 4.90 Å². The van der Waals surface area contributed by atoms with Gasteiger partial charge >= 0.3 is 5.97 Å². The van der Waals surface area contributed by atoms with Crippen LogP contribution in [0.3, 0.4) is 0 Å². The van der Waals surface area contributed by atoms with Gasteiger partial charge in [-0.3, -0.25) is 14.4 Å². The van der Waals surface area contributed by atoms with E-state index >= 15 is 0 Å². The predicted octanol–water partition coefficient (Wildman–Crippen LogP) is 2.45. The molecule has 5 rings (SSSR count). The van der Waals surface area contributed by atoms with Crippen LogP contribution in [0.25, 0.3) is 0 Å². The van der Waals surface area contributed by atoms with Crippen LogP contribution < -0.4 is 4.90 Å². The van der Waals surface area contributed by atoms with E-state index in [1.807, 2.05) is 63.3 Å². The first-order chi connectivity index (χ1) is 17.2. The highest BCUT2D eigenvalue weighted by molar-refractivity contribution is 6.06. The minimum Gasteiger partial charge on any atom is -0.465 e. The van der Waals surface area contributed by atoms with Crippen molar-refractivity contribution in [2.75, 3.05) is 24.7 Å². The summed E-state index contributed by atoms with van der Waals surface area (Å²) in [6.45, 7) is 7.81. The van der Waals surface area contributed by atoms with Crippen LogP contribution in [0, 0.1) is 25.7 Å². The van der Waals surface area contributed by atoms with Gasteiger partial charge < -0.3 is 24.4 Å². The monoisotopic (exact) mass is 494 g/mol. The zero-order valence-electron chi connectivity index (χ0n) is 21.3. The Morgan fingerprint density at radius 2 is 1.89 bits per heavy atom. The summed E-state index contributed by atoms with van der Waals surface area (Å²) in [5.41, 5.74) is 0.247. The number of hydrogen-bond acceptors (Lipinski definition) is 6. The van der Waals surface area contributed by atoms with Crippen molar-refractivity contribution in [2.24, 2.45) is 11.8 Å². The molecule has 2 saturated heterocycles. The molecule has 1 aromatic carbocycles. The second-order valence-corrected chi connectivity index (χ2v) is 10.5. The number of aliphatic hydroxyl groups is 1. The molecule has 8 nitrogen and oxygen atoms in total. The van der Waals surface area contributed by atoms with Crippen molar-refractivity contribution in [1.29, 1.82) is 0 Å². The zero-order valence-corrected chi connectivity index (χ0v) is 21.3. The summed E-state index contributed by atoms with van der Waals surface area (Å²) < 4.78 is 12.2. The number of amides is 2. The molecule has 6 atom stereocenters. The Morgan fingerprint density at radius 3 is 2.61 bits per heavy atom. The zero-order chi connectivity index (χ0) is 25.8. The molecule has 2 amide bonds. The number of carbonyl (C=O) groups is 3. The Bertz CT molecular complexity index is 1160. The Kier molecular flexibility index (Phi) is 6.08. The molecule has 0 aromatic heterocycles. The van der Waals surface area contributed by atoms with E-state index in [0.717, 1.165) is 16.8 Å². The molecule has 36 heavy (non-hydrogen) atoms. The summed E-state index contributed by atoms with van der Waals surface area (Å²) in [6.07, 6.45) is 8.42. The Hall–Kier alpha value is -2.97. The number of aryl methyl sites for hydroxylation is 2. The second kappa shape index (κ2) is 8.85. The Balaban J connectivity index is 1.70. The number of nitrogens with zero attached hydrogens (tertiary/aromatic N) is 2. The third kappa shape index (κ3) is 3.45. The van der Waals surface area contributed by atoms with Crippen molar-refractivity contribution in [3.8, 4) is 0 Å². The van der Waals surface area contributed by atoms with E-state index < -0.39 is 41.1 Å². The summed E-state index contributed by atoms with van der Waals surface area (Å²) >= 11 is 0. The molecule has 0 aliphatic carbocycles. The molecule has 1 unspecified atom stereocenters. The normalized spacial score (nSPS) is 34.5. The standard InChI is InChI=1S/C28H34N2O6/c1-5-19(16-31)30-23-25(33)29(20-15-17(2)9-10-18(20)3)13-8-12-28(23)21(24(30)32)22-26(34)35-14-7-6-11-27(22,4)36-28/h6,8-12,15,19,21-23,31H,5,7,13-14,16H2,1-4H3/t19-,21-,22+,23?,27-,28-/m0/s1. The van der Waals surface area contributed by atoms with Gasteiger partial charge in [-0.05, 0) is 50.8 Å². The van der Waals surface area contributed by atoms with Gasteiger partial charge in [0.25, 0.3) is 5.91 Å². The molecule has 0 radical (unpaired) electrons. The maximum absolute atomic E-state index is 14.4. The van der Waals surface area contributed by atoms with E-state index in [-0.39, 0.29) is 25.0 Å². The van der Waals surface area contributed by atoms with Crippen molar-refractivity contribution in [1.82, 2.24) is 4.90 Å². The average molecular weight is 495 g/mol. The molecule has 0 saturated carbocycles. The average Bonchev–Trinajstić information content (AvgIpc) is 3.16. The number of esters is 1. The number of anilines is 1. The van der Waals surface area contributed by atoms with Gasteiger partial charge in [0, 0.05) is 12.2 Å². The summed E-state index contributed by atoms with van der Waals surface area (Å²) in [6, 6.07) is 4.31. The van der Waals surface area contributed by atoms with Gasteiger partial charge in [-0.2, -0.15) is 0 Å². The lowest BCUT2D eigenvalue weighted by Gasteiger charge is -2.40. The first-order valence-electron chi connectivity index (χ1n) is 12.7. The first kappa shape index (κ1) is 24.7. The quantitative estimate of drug-likeness (QED) is 0.510. The van der Waals surface area contributed by atoms with Crippen LogP contribution in [-0.4, -0.2) is 70.8 Å². The SMILES string of the molecule is CC[C@@H](CO)N1C(=O)[C@@H]2[C@@H]3C(=O)OCCC=C[C@]3(C)O[C@@]23C=CCN(c2cc(C)ccc2C)C(=O)C13.